The van der Waals surface area contributed by atoms with Crippen molar-refractivity contribution in [3.63, 3.8) is 0 Å². The summed E-state index contributed by atoms with van der Waals surface area (Å²) in [6.07, 6.45) is 19.8. The Kier molecular flexibility index (Phi) is 69.0. The maximum atomic E-state index is 9.50. The first-order valence-electron chi connectivity index (χ1n) is 37.3. The Morgan fingerprint density at radius 1 is 0.326 bits per heavy atom. The molecule has 3 heterocycles. The molecule has 528 valence electrons. The van der Waals surface area contributed by atoms with E-state index in [4.69, 9.17) is 4.42 Å². The first-order chi connectivity index (χ1) is 44.0. The molecule has 4 aliphatic rings. The molecule has 92 heavy (non-hydrogen) atoms. The van der Waals surface area contributed by atoms with Gasteiger partial charge in [0.25, 0.3) is 0 Å². The van der Waals surface area contributed by atoms with Crippen LogP contribution in [0.5, 0.6) is 0 Å². The summed E-state index contributed by atoms with van der Waals surface area (Å²) < 4.78 is 14.6. The first-order valence-corrected chi connectivity index (χ1v) is 37.3. The summed E-state index contributed by atoms with van der Waals surface area (Å²) in [5, 5.41) is 0. The predicted molar refractivity (Wildman–Crippen MR) is 418 cm³/mol. The zero-order chi connectivity index (χ0) is 71.2. The lowest BCUT2D eigenvalue weighted by molar-refractivity contribution is 0.185. The minimum Gasteiger partial charge on any atom is -0.469 e. The van der Waals surface area contributed by atoms with Crippen molar-refractivity contribution in [2.45, 2.75) is 306 Å². The number of hydrogen-bond donors (Lipinski definition) is 0. The fourth-order valence-electron chi connectivity index (χ4n) is 9.10. The van der Waals surface area contributed by atoms with Crippen LogP contribution in [0.15, 0.2) is 169 Å². The van der Waals surface area contributed by atoms with E-state index < -0.39 is 0 Å². The summed E-state index contributed by atoms with van der Waals surface area (Å²) >= 11 is 0. The number of pyridine rings is 1. The van der Waals surface area contributed by atoms with Crippen LogP contribution in [-0.2, 0) is 0 Å². The van der Waals surface area contributed by atoms with Gasteiger partial charge in [0.2, 0.25) is 0 Å². The molecule has 0 radical (unpaired) electrons. The van der Waals surface area contributed by atoms with E-state index in [9.17, 15) is 4.39 Å². The van der Waals surface area contributed by atoms with Gasteiger partial charge in [-0.1, -0.05) is 352 Å². The minimum absolute atomic E-state index is 0.500. The molecule has 1 aliphatic heterocycles. The normalized spacial score (nSPS) is 13.3. The summed E-state index contributed by atoms with van der Waals surface area (Å²) in [6.45, 7) is 63.3. The number of nitrogens with zero attached hydrogens (tertiary/aromatic N) is 2. The lowest BCUT2D eigenvalue weighted by Crippen LogP contribution is -2.35. The predicted octanol–water partition coefficient (Wildman–Crippen LogP) is 29.4. The van der Waals surface area contributed by atoms with Crippen LogP contribution in [0, 0.1) is 35.5 Å². The SMILES string of the molecule is CC.CC.CC.CC.CC(C)C1CC1.CC(C)C1CCC1.CC(C)C1CCC1.CC(C)N1CCCCC1.CC(C)c1ccccc1.CC(C)c1ccccc1.CC(C)c1ccccc1.CC(C)c1ccccc1.CC(C)c1ccccn1.CC(C)c1ccco1.CF. The number of likely N-dealkylation sites (tertiary alicyclic amines) is 1. The number of furan rings is 1. The maximum absolute atomic E-state index is 9.50. The molecule has 4 heteroatoms. The number of hydrogen-bond acceptors (Lipinski definition) is 3. The second-order valence-corrected chi connectivity index (χ2v) is 26.5. The molecule has 6 aromatic rings. The number of piperidine rings is 1. The quantitative estimate of drug-likeness (QED) is 0.137. The summed E-state index contributed by atoms with van der Waals surface area (Å²) in [6, 6.07) is 52.7. The van der Waals surface area contributed by atoms with E-state index in [1.165, 1.54) is 106 Å². The first kappa shape index (κ1) is 95.9. The molecule has 10 rings (SSSR count). The molecular formula is C88H153FN2O. The van der Waals surface area contributed by atoms with Crippen molar-refractivity contribution >= 4 is 0 Å². The van der Waals surface area contributed by atoms with Crippen molar-refractivity contribution in [2.75, 3.05) is 20.3 Å². The van der Waals surface area contributed by atoms with Gasteiger partial charge in [0.05, 0.1) is 13.4 Å². The van der Waals surface area contributed by atoms with Crippen LogP contribution in [0.2, 0.25) is 0 Å². The second-order valence-electron chi connectivity index (χ2n) is 26.5. The fraction of sp³-hybridized carbons (Fsp3) is 0.625. The molecule has 4 aromatic carbocycles. The molecular weight excluding hydrogens is 1120 g/mol. The van der Waals surface area contributed by atoms with Crippen LogP contribution in [0.4, 0.5) is 4.39 Å². The molecule has 0 spiro atoms. The van der Waals surface area contributed by atoms with Gasteiger partial charge in [0, 0.05) is 23.9 Å². The van der Waals surface area contributed by atoms with Crippen LogP contribution in [0.3, 0.4) is 0 Å². The summed E-state index contributed by atoms with van der Waals surface area (Å²) in [7, 11) is 0.500. The summed E-state index contributed by atoms with van der Waals surface area (Å²) in [5.41, 5.74) is 6.82. The molecule has 0 atom stereocenters. The third kappa shape index (κ3) is 54.6. The topological polar surface area (TPSA) is 29.3 Å². The molecule has 4 fully saturated rings. The van der Waals surface area contributed by atoms with E-state index in [0.717, 1.165) is 53.0 Å². The van der Waals surface area contributed by atoms with Crippen LogP contribution in [0.25, 0.3) is 0 Å². The van der Waals surface area contributed by atoms with E-state index in [0.29, 0.717) is 42.7 Å². The van der Waals surface area contributed by atoms with Gasteiger partial charge < -0.3 is 9.32 Å². The van der Waals surface area contributed by atoms with Gasteiger partial charge in [-0.25, -0.2) is 0 Å². The lowest BCUT2D eigenvalue weighted by atomic mass is 9.78. The van der Waals surface area contributed by atoms with Gasteiger partial charge in [-0.2, -0.15) is 0 Å². The summed E-state index contributed by atoms with van der Waals surface area (Å²) in [5.74, 6) is 10.9. The Morgan fingerprint density at radius 2 is 0.620 bits per heavy atom. The Labute approximate surface area is 575 Å². The van der Waals surface area contributed by atoms with Crippen LogP contribution < -0.4 is 0 Å². The zero-order valence-corrected chi connectivity index (χ0v) is 66.0. The average Bonchev–Trinajstić information content (AvgIpc) is 4.38. The number of benzene rings is 4. The third-order valence-corrected chi connectivity index (χ3v) is 16.1. The molecule has 0 amide bonds. The minimum atomic E-state index is 0.500. The molecule has 0 bridgehead atoms. The van der Waals surface area contributed by atoms with Crippen molar-refractivity contribution in [2.24, 2.45) is 35.5 Å². The Balaban J connectivity index is -0.000000300. The molecule has 2 aromatic heterocycles. The van der Waals surface area contributed by atoms with E-state index >= 15 is 0 Å². The van der Waals surface area contributed by atoms with Crippen LogP contribution >= 0.6 is 0 Å². The van der Waals surface area contributed by atoms with Gasteiger partial charge in [0.1, 0.15) is 5.76 Å². The van der Waals surface area contributed by atoms with Gasteiger partial charge in [-0.05, 0) is 164 Å². The Hall–Kier alpha value is -4.80. The third-order valence-electron chi connectivity index (χ3n) is 16.1. The highest BCUT2D eigenvalue weighted by molar-refractivity contribution is 5.20. The molecule has 3 saturated carbocycles. The molecule has 0 N–H and O–H groups in total. The standard InChI is InChI=1S/4C9H12.C8H17N.C8H11N.C7H10O.2C7H14.C6H12.4C2H6.CH3F/c5*1-8(2)9-6-4-3-5-7-9;1-7(2)8-5-3-4-6-9-8;1-6(2)7-4-3-5-8-7;2*1-6(2)7-4-3-5-7;1-5(2)6-3-4-6;5*1-2/h4*3-8H,1-2H3;8H,3-7H2,1-2H3;3-7H,1-2H3;3-6H,1-2H3;2*6-7H,3-5H2,1-2H3;5-6H,3-4H2,1-2H3;4*1-2H3;1H3. The van der Waals surface area contributed by atoms with Crippen molar-refractivity contribution < 1.29 is 8.81 Å². The maximum Gasteiger partial charge on any atom is 0.106 e. The number of alkyl halides is 1. The van der Waals surface area contributed by atoms with Crippen LogP contribution in [0.1, 0.15) is 334 Å². The van der Waals surface area contributed by atoms with E-state index in [-0.39, 0.29) is 0 Å². The van der Waals surface area contributed by atoms with Gasteiger partial charge in [-0.15, -0.1) is 0 Å². The molecule has 1 saturated heterocycles. The number of halogens is 1. The monoisotopic (exact) mass is 1270 g/mol. The van der Waals surface area contributed by atoms with Crippen molar-refractivity contribution in [1.29, 1.82) is 0 Å². The van der Waals surface area contributed by atoms with Crippen molar-refractivity contribution in [3.05, 3.63) is 198 Å². The second kappa shape index (κ2) is 66.2. The fourth-order valence-corrected chi connectivity index (χ4v) is 9.10. The Bertz CT molecular complexity index is 1980. The number of rotatable bonds is 10. The van der Waals surface area contributed by atoms with Gasteiger partial charge in [-0.3, -0.25) is 9.37 Å². The highest BCUT2D eigenvalue weighted by Gasteiger charge is 2.24. The van der Waals surface area contributed by atoms with Crippen molar-refractivity contribution in [3.8, 4) is 0 Å². The smallest absolute Gasteiger partial charge is 0.106 e. The molecule has 3 aliphatic carbocycles. The van der Waals surface area contributed by atoms with E-state index in [1.54, 1.807) is 6.26 Å². The van der Waals surface area contributed by atoms with Crippen LogP contribution in [-0.4, -0.2) is 36.2 Å². The van der Waals surface area contributed by atoms with E-state index in [2.05, 4.69) is 245 Å². The molecule has 0 unspecified atom stereocenters. The average molecular weight is 1270 g/mol. The highest BCUT2D eigenvalue weighted by Crippen LogP contribution is 2.36. The zero-order valence-electron chi connectivity index (χ0n) is 66.0. The highest BCUT2D eigenvalue weighted by atomic mass is 19.1. The van der Waals surface area contributed by atoms with Gasteiger partial charge in [0.15, 0.2) is 0 Å². The van der Waals surface area contributed by atoms with Gasteiger partial charge >= 0.3 is 0 Å². The molecule has 3 nitrogen and oxygen atoms in total. The largest absolute Gasteiger partial charge is 0.469 e. The summed E-state index contributed by atoms with van der Waals surface area (Å²) in [4.78, 5) is 6.74. The van der Waals surface area contributed by atoms with Crippen molar-refractivity contribution in [1.82, 2.24) is 9.88 Å². The Morgan fingerprint density at radius 3 is 0.739 bits per heavy atom. The lowest BCUT2D eigenvalue weighted by Gasteiger charge is -2.29. The number of aromatic nitrogens is 1. The van der Waals surface area contributed by atoms with E-state index in [1.807, 2.05) is 116 Å².